The summed E-state index contributed by atoms with van der Waals surface area (Å²) < 4.78 is 28.0. The average Bonchev–Trinajstić information content (AvgIpc) is 2.96. The molecule has 15 nitrogen and oxygen atoms in total. The molecule has 2 aromatic carbocycles. The third-order valence-corrected chi connectivity index (χ3v) is 7.67. The van der Waals surface area contributed by atoms with Gasteiger partial charge in [-0.25, -0.2) is 0 Å². The highest BCUT2D eigenvalue weighted by molar-refractivity contribution is 5.89. The molecule has 2 aliphatic heterocycles. The smallest absolute Gasteiger partial charge is 0.303 e. The predicted octanol–water partition coefficient (Wildman–Crippen LogP) is -0.486. The molecule has 3 heterocycles. The van der Waals surface area contributed by atoms with E-state index in [1.807, 2.05) is 0 Å². The third-order valence-electron chi connectivity index (χ3n) is 7.67. The molecule has 1 aromatic heterocycles. The van der Waals surface area contributed by atoms with E-state index in [1.54, 1.807) is 0 Å². The van der Waals surface area contributed by atoms with E-state index >= 15 is 0 Å². The number of benzene rings is 2. The van der Waals surface area contributed by atoms with Gasteiger partial charge in [-0.05, 0) is 31.2 Å². The lowest BCUT2D eigenvalue weighted by molar-refractivity contribution is -0.338. The number of aliphatic hydroxyl groups is 5. The second-order valence-electron chi connectivity index (χ2n) is 10.7. The van der Waals surface area contributed by atoms with Crippen LogP contribution in [0.3, 0.4) is 0 Å². The normalized spacial score (nSPS) is 32.4. The average molecular weight is 621 g/mol. The molecule has 0 saturated carbocycles. The molecule has 0 amide bonds. The van der Waals surface area contributed by atoms with Crippen molar-refractivity contribution in [3.8, 4) is 28.6 Å². The Kier molecular flexibility index (Phi) is 8.84. The quantitative estimate of drug-likeness (QED) is 0.162. The first-order valence-corrected chi connectivity index (χ1v) is 13.6. The van der Waals surface area contributed by atoms with Gasteiger partial charge in [0.2, 0.25) is 0 Å². The van der Waals surface area contributed by atoms with Gasteiger partial charge < -0.3 is 64.2 Å². The third kappa shape index (κ3) is 5.71. The maximum atomic E-state index is 13.1. The van der Waals surface area contributed by atoms with Crippen LogP contribution in [0.25, 0.3) is 22.3 Å². The number of fused-ring (bicyclic) bond motifs is 1. The van der Waals surface area contributed by atoms with Gasteiger partial charge in [-0.1, -0.05) is 0 Å². The maximum absolute atomic E-state index is 13.1. The fourth-order valence-electron chi connectivity index (χ4n) is 5.45. The Bertz CT molecular complexity index is 1570. The molecule has 0 bridgehead atoms. The Labute approximate surface area is 248 Å². The first-order chi connectivity index (χ1) is 20.8. The minimum Gasteiger partial charge on any atom is -0.508 e. The molecule has 2 saturated heterocycles. The van der Waals surface area contributed by atoms with Crippen LogP contribution in [0, 0.1) is 0 Å². The zero-order chi connectivity index (χ0) is 32.0. The molecule has 3 aromatic rings. The fraction of sp³-hybridized carbons (Fsp3) is 0.448. The topological polar surface area (TPSA) is 246 Å². The van der Waals surface area contributed by atoms with Crippen LogP contribution in [-0.2, 0) is 23.7 Å². The Hall–Kier alpha value is -3.80. The number of phenolic OH excluding ortho intramolecular Hbond substituents is 3. The van der Waals surface area contributed by atoms with Crippen molar-refractivity contribution in [2.24, 2.45) is 0 Å². The fourth-order valence-corrected chi connectivity index (χ4v) is 5.45. The van der Waals surface area contributed by atoms with Crippen molar-refractivity contribution in [1.82, 2.24) is 0 Å². The molecule has 2 aliphatic rings. The first-order valence-electron chi connectivity index (χ1n) is 13.6. The largest absolute Gasteiger partial charge is 0.508 e. The molecule has 1 unspecified atom stereocenters. The van der Waals surface area contributed by atoms with Gasteiger partial charge in [0.15, 0.2) is 23.4 Å². The van der Waals surface area contributed by atoms with Crippen molar-refractivity contribution in [3.63, 3.8) is 0 Å². The molecule has 0 radical (unpaired) electrons. The minimum absolute atomic E-state index is 0.0339. The molecule has 238 valence electrons. The SMILES string of the molecule is CC(=O)O[C@@H]1[C@H](O)[C@@H](O[C@H]2[C@H](O)[C@@H](CO)OC(c3c(O)cc(O)c4c(=O)cc(-c5ccc(O)cc5)oc34)[C@@H]2O)O[C@H](C)[C@H]1O. The van der Waals surface area contributed by atoms with Crippen LogP contribution in [-0.4, -0.2) is 109 Å². The highest BCUT2D eigenvalue weighted by Gasteiger charge is 2.52. The van der Waals surface area contributed by atoms with Crippen LogP contribution >= 0.6 is 0 Å². The van der Waals surface area contributed by atoms with Crippen LogP contribution in [0.2, 0.25) is 0 Å². The van der Waals surface area contributed by atoms with Crippen LogP contribution in [0.5, 0.6) is 17.2 Å². The zero-order valence-corrected chi connectivity index (χ0v) is 23.4. The lowest BCUT2D eigenvalue weighted by Crippen LogP contribution is -2.63. The molecule has 8 N–H and O–H groups in total. The number of ether oxygens (including phenoxy) is 4. The van der Waals surface area contributed by atoms with Gasteiger partial charge in [0.05, 0.1) is 18.3 Å². The summed E-state index contributed by atoms with van der Waals surface area (Å²) in [7, 11) is 0. The van der Waals surface area contributed by atoms with E-state index < -0.39 is 96.3 Å². The summed E-state index contributed by atoms with van der Waals surface area (Å²) in [6.45, 7) is 1.66. The Balaban J connectivity index is 1.57. The second kappa shape index (κ2) is 12.3. The van der Waals surface area contributed by atoms with Gasteiger partial charge in [0.25, 0.3) is 0 Å². The summed E-state index contributed by atoms with van der Waals surface area (Å²) >= 11 is 0. The maximum Gasteiger partial charge on any atom is 0.303 e. The second-order valence-corrected chi connectivity index (χ2v) is 10.7. The summed E-state index contributed by atoms with van der Waals surface area (Å²) in [4.78, 5) is 24.7. The number of rotatable bonds is 6. The van der Waals surface area contributed by atoms with E-state index in [9.17, 15) is 50.4 Å². The van der Waals surface area contributed by atoms with Gasteiger partial charge in [0, 0.05) is 24.6 Å². The van der Waals surface area contributed by atoms with E-state index in [4.69, 9.17) is 23.4 Å². The summed E-state index contributed by atoms with van der Waals surface area (Å²) in [5.74, 6) is -2.23. The molecule has 15 heteroatoms. The number of carbonyl (C=O) groups excluding carboxylic acids is 1. The summed E-state index contributed by atoms with van der Waals surface area (Å²) in [5, 5.41) is 84.4. The van der Waals surface area contributed by atoms with Crippen molar-refractivity contribution in [1.29, 1.82) is 0 Å². The van der Waals surface area contributed by atoms with Gasteiger partial charge in [0.1, 0.15) is 71.1 Å². The first kappa shape index (κ1) is 31.6. The van der Waals surface area contributed by atoms with E-state index in [2.05, 4.69) is 0 Å². The van der Waals surface area contributed by atoms with Crippen LogP contribution < -0.4 is 5.43 Å². The van der Waals surface area contributed by atoms with E-state index in [0.29, 0.717) is 5.56 Å². The van der Waals surface area contributed by atoms with Crippen molar-refractivity contribution in [3.05, 3.63) is 52.2 Å². The predicted molar refractivity (Wildman–Crippen MR) is 146 cm³/mol. The number of carbonyl (C=O) groups is 1. The number of esters is 1. The van der Waals surface area contributed by atoms with Crippen molar-refractivity contribution >= 4 is 16.9 Å². The molecule has 0 spiro atoms. The summed E-state index contributed by atoms with van der Waals surface area (Å²) in [6, 6.07) is 7.50. The molecule has 44 heavy (non-hydrogen) atoms. The van der Waals surface area contributed by atoms with Crippen molar-refractivity contribution < 1.29 is 69.0 Å². The van der Waals surface area contributed by atoms with Crippen LogP contribution in [0.15, 0.2) is 45.6 Å². The number of hydrogen-bond donors (Lipinski definition) is 8. The van der Waals surface area contributed by atoms with E-state index in [0.717, 1.165) is 19.1 Å². The molecular weight excluding hydrogens is 588 g/mol. The Morgan fingerprint density at radius 1 is 0.886 bits per heavy atom. The summed E-state index contributed by atoms with van der Waals surface area (Å²) in [5.41, 5.74) is -1.12. The zero-order valence-electron chi connectivity index (χ0n) is 23.4. The molecular formula is C29H32O15. The summed E-state index contributed by atoms with van der Waals surface area (Å²) in [6.07, 6.45) is -15.9. The van der Waals surface area contributed by atoms with Gasteiger partial charge in [-0.15, -0.1) is 0 Å². The van der Waals surface area contributed by atoms with Crippen molar-refractivity contribution in [2.45, 2.75) is 75.1 Å². The molecule has 0 aliphatic carbocycles. The monoisotopic (exact) mass is 620 g/mol. The van der Waals surface area contributed by atoms with E-state index in [1.165, 1.54) is 31.2 Å². The van der Waals surface area contributed by atoms with Crippen LogP contribution in [0.4, 0.5) is 0 Å². The van der Waals surface area contributed by atoms with E-state index in [-0.39, 0.29) is 22.5 Å². The molecule has 10 atom stereocenters. The van der Waals surface area contributed by atoms with Gasteiger partial charge in [-0.2, -0.15) is 0 Å². The minimum atomic E-state index is -1.90. The van der Waals surface area contributed by atoms with Crippen molar-refractivity contribution in [2.75, 3.05) is 6.61 Å². The lowest BCUT2D eigenvalue weighted by atomic mass is 9.89. The highest BCUT2D eigenvalue weighted by atomic mass is 16.7. The molecule has 5 rings (SSSR count). The van der Waals surface area contributed by atoms with Crippen LogP contribution in [0.1, 0.15) is 25.5 Å². The lowest BCUT2D eigenvalue weighted by Gasteiger charge is -2.46. The number of phenols is 3. The Morgan fingerprint density at radius 3 is 2.20 bits per heavy atom. The van der Waals surface area contributed by atoms with Gasteiger partial charge in [-0.3, -0.25) is 9.59 Å². The molecule has 2 fully saturated rings. The number of aromatic hydroxyl groups is 3. The highest BCUT2D eigenvalue weighted by Crippen LogP contribution is 2.44. The Morgan fingerprint density at radius 2 is 1.57 bits per heavy atom. The number of aliphatic hydroxyl groups excluding tert-OH is 5. The number of hydrogen-bond acceptors (Lipinski definition) is 15. The van der Waals surface area contributed by atoms with Gasteiger partial charge >= 0.3 is 5.97 Å². The standard InChI is InChI=1S/C29H32O15/c1-10-21(36)27(41-11(2)31)24(39)29(40-10)44-28-22(37)18(9-30)43-26(23(28)38)20-15(34)7-14(33)19-16(35)8-17(42-25(19)20)12-3-5-13(32)6-4-12/h3-8,10,18,21-24,26-30,32-34,36-39H,9H2,1-2H3/t10-,18-,21-,22-,23+,24+,26?,27+,28+,29-/m1/s1.